The maximum absolute atomic E-state index is 13.0. The summed E-state index contributed by atoms with van der Waals surface area (Å²) in [6, 6.07) is 0. The van der Waals surface area contributed by atoms with Crippen LogP contribution in [0, 0.1) is 0 Å². The van der Waals surface area contributed by atoms with Crippen molar-refractivity contribution in [3.05, 3.63) is 48.6 Å². The first-order chi connectivity index (χ1) is 44.6. The Morgan fingerprint density at radius 3 is 0.934 bits per heavy atom. The number of hydrogen-bond donors (Lipinski definition) is 1. The molecule has 2 atom stereocenters. The summed E-state index contributed by atoms with van der Waals surface area (Å²) in [6.45, 7) is 4.83. The molecule has 0 aromatic rings. The molecule has 0 rings (SSSR count). The van der Waals surface area contributed by atoms with Gasteiger partial charge in [-0.05, 0) is 51.4 Å². The highest BCUT2D eigenvalue weighted by Crippen LogP contribution is 2.20. The number of aliphatic carboxylic acids is 1. The van der Waals surface area contributed by atoms with Crippen molar-refractivity contribution < 1.29 is 42.9 Å². The van der Waals surface area contributed by atoms with Crippen LogP contribution >= 0.6 is 0 Å². The lowest BCUT2D eigenvalue weighted by molar-refractivity contribution is -0.870. The number of unbranched alkanes of at least 4 members (excludes halogenated alkanes) is 52. The summed E-state index contributed by atoms with van der Waals surface area (Å²) in [5.74, 6) is -1.98. The summed E-state index contributed by atoms with van der Waals surface area (Å²) < 4.78 is 23.0. The molecule has 0 aliphatic carbocycles. The summed E-state index contributed by atoms with van der Waals surface area (Å²) >= 11 is 0. The molecule has 9 nitrogen and oxygen atoms in total. The molecule has 0 saturated carbocycles. The Kier molecular flexibility index (Phi) is 70.9. The van der Waals surface area contributed by atoms with E-state index < -0.39 is 24.3 Å². The summed E-state index contributed by atoms with van der Waals surface area (Å²) in [4.78, 5) is 37.7. The summed E-state index contributed by atoms with van der Waals surface area (Å²) in [5.41, 5.74) is 0. The second-order valence-electron chi connectivity index (χ2n) is 28.4. The van der Waals surface area contributed by atoms with E-state index >= 15 is 0 Å². The van der Waals surface area contributed by atoms with Crippen molar-refractivity contribution in [2.45, 2.75) is 411 Å². The predicted molar refractivity (Wildman–Crippen MR) is 392 cm³/mol. The number of quaternary nitrogens is 1. The van der Waals surface area contributed by atoms with Gasteiger partial charge in [0, 0.05) is 12.8 Å². The molecule has 0 saturated heterocycles. The molecule has 0 aliphatic heterocycles. The molecule has 0 amide bonds. The van der Waals surface area contributed by atoms with Gasteiger partial charge < -0.3 is 28.5 Å². The molecule has 0 aliphatic rings. The number of carbonyl (C=O) groups excluding carboxylic acids is 2. The third kappa shape index (κ3) is 74.5. The van der Waals surface area contributed by atoms with Gasteiger partial charge in [-0.25, -0.2) is 4.79 Å². The zero-order valence-corrected chi connectivity index (χ0v) is 61.3. The minimum atomic E-state index is -1.51. The predicted octanol–water partition coefficient (Wildman–Crippen LogP) is 25.3. The Morgan fingerprint density at radius 2 is 0.626 bits per heavy atom. The molecule has 0 bridgehead atoms. The van der Waals surface area contributed by atoms with Crippen LogP contribution in [-0.4, -0.2) is 87.4 Å². The van der Waals surface area contributed by atoms with Gasteiger partial charge in [-0.1, -0.05) is 383 Å². The fourth-order valence-corrected chi connectivity index (χ4v) is 12.1. The van der Waals surface area contributed by atoms with Crippen LogP contribution in [0.4, 0.5) is 0 Å². The molecule has 0 radical (unpaired) electrons. The smallest absolute Gasteiger partial charge is 0.361 e. The quantitative estimate of drug-likeness (QED) is 0.0211. The van der Waals surface area contributed by atoms with E-state index in [9.17, 15) is 19.5 Å². The molecule has 1 N–H and O–H groups in total. The van der Waals surface area contributed by atoms with Gasteiger partial charge in [-0.2, -0.15) is 0 Å². The fourth-order valence-electron chi connectivity index (χ4n) is 12.1. The Balaban J connectivity index is 3.92. The summed E-state index contributed by atoms with van der Waals surface area (Å²) in [6.07, 6.45) is 92.8. The van der Waals surface area contributed by atoms with Crippen molar-refractivity contribution in [1.82, 2.24) is 0 Å². The van der Waals surface area contributed by atoms with Crippen LogP contribution in [0.2, 0.25) is 0 Å². The topological polar surface area (TPSA) is 108 Å². The maximum atomic E-state index is 13.0. The minimum Gasteiger partial charge on any atom is -0.477 e. The van der Waals surface area contributed by atoms with Crippen LogP contribution in [-0.2, 0) is 33.3 Å². The highest BCUT2D eigenvalue weighted by Gasteiger charge is 2.25. The fraction of sp³-hybridized carbons (Fsp3) is 0.866. The van der Waals surface area contributed by atoms with Crippen LogP contribution < -0.4 is 0 Å². The number of allylic oxidation sites excluding steroid dienone is 8. The van der Waals surface area contributed by atoms with Crippen molar-refractivity contribution in [1.29, 1.82) is 0 Å². The molecule has 0 fully saturated rings. The number of carboxylic acid groups (broad SMARTS) is 1. The zero-order chi connectivity index (χ0) is 66.1. The van der Waals surface area contributed by atoms with E-state index in [-0.39, 0.29) is 32.2 Å². The normalized spacial score (nSPS) is 12.8. The molecule has 0 heterocycles. The number of likely N-dealkylation sites (N-methyl/N-ethyl adjacent to an activating group) is 1. The highest BCUT2D eigenvalue weighted by molar-refractivity contribution is 5.71. The molecule has 0 aromatic heterocycles. The summed E-state index contributed by atoms with van der Waals surface area (Å²) in [5, 5.41) is 9.76. The SMILES string of the molecule is CC/C=C\C/C=C\C/C=C\C/C=C\CCCCCCCCCCCCCCC(=O)OC(COC(=O)CCCCCCCCCCCCCCCCCCCCCCCCCCCCCCCCCCCCCCCCCCC)COC(OCC[N+](C)(C)C)C(=O)O. The molecule has 9 heteroatoms. The molecule has 534 valence electrons. The molecule has 0 spiro atoms. The van der Waals surface area contributed by atoms with Gasteiger partial charge in [0.05, 0.1) is 34.4 Å². The third-order valence-electron chi connectivity index (χ3n) is 18.1. The van der Waals surface area contributed by atoms with Crippen molar-refractivity contribution >= 4 is 17.9 Å². The van der Waals surface area contributed by atoms with E-state index in [0.717, 1.165) is 64.2 Å². The molecular weight excluding hydrogens is 1130 g/mol. The van der Waals surface area contributed by atoms with Crippen LogP contribution in [0.15, 0.2) is 48.6 Å². The zero-order valence-electron chi connectivity index (χ0n) is 61.3. The van der Waals surface area contributed by atoms with Gasteiger partial charge in [-0.3, -0.25) is 9.59 Å². The first-order valence-corrected chi connectivity index (χ1v) is 39.8. The van der Waals surface area contributed by atoms with E-state index in [0.29, 0.717) is 17.4 Å². The Labute approximate surface area is 565 Å². The van der Waals surface area contributed by atoms with Crippen LogP contribution in [0.25, 0.3) is 0 Å². The third-order valence-corrected chi connectivity index (χ3v) is 18.1. The second-order valence-corrected chi connectivity index (χ2v) is 28.4. The average molecular weight is 1280 g/mol. The van der Waals surface area contributed by atoms with E-state index in [1.54, 1.807) is 0 Å². The lowest BCUT2D eigenvalue weighted by Gasteiger charge is -2.25. The lowest BCUT2D eigenvalue weighted by Crippen LogP contribution is -2.40. The van der Waals surface area contributed by atoms with Crippen molar-refractivity contribution in [2.75, 3.05) is 47.5 Å². The van der Waals surface area contributed by atoms with Crippen LogP contribution in [0.1, 0.15) is 399 Å². The number of rotatable bonds is 75. The van der Waals surface area contributed by atoms with Crippen molar-refractivity contribution in [3.8, 4) is 0 Å². The molecule has 2 unspecified atom stereocenters. The molecular formula is C82H154NO8+. The largest absolute Gasteiger partial charge is 0.477 e. The number of nitrogens with zero attached hydrogens (tertiary/aromatic N) is 1. The van der Waals surface area contributed by atoms with Crippen molar-refractivity contribution in [3.63, 3.8) is 0 Å². The maximum Gasteiger partial charge on any atom is 0.361 e. The second kappa shape index (κ2) is 73.1. The van der Waals surface area contributed by atoms with Gasteiger partial charge in [0.15, 0.2) is 6.10 Å². The standard InChI is InChI=1S/C82H153NO8/c1-6-8-10-12-14-16-18-20-22-24-26-28-30-32-33-34-35-36-37-38-39-40-41-42-43-44-45-46-47-49-50-52-54-56-58-60-62-64-66-68-70-72-79(84)89-76-78(77-90-82(81(86)87)88-75-74-83(3,4)5)91-80(85)73-71-69-67-65-63-61-59-57-55-53-51-48-31-29-27-25-23-21-19-17-15-13-11-9-7-2/h9,11,15,17,21,23,27,29,78,82H,6-8,10,12-14,16,18-20,22,24-26,28,30-77H2,1-5H3/p+1/b11-9-,17-15-,23-21-,29-27-. The lowest BCUT2D eigenvalue weighted by atomic mass is 10.0. The first-order valence-electron chi connectivity index (χ1n) is 39.8. The Bertz CT molecular complexity index is 1630. The number of carboxylic acids is 1. The monoisotopic (exact) mass is 1280 g/mol. The van der Waals surface area contributed by atoms with Gasteiger partial charge in [0.25, 0.3) is 6.29 Å². The average Bonchev–Trinajstić information content (AvgIpc) is 3.46. The van der Waals surface area contributed by atoms with Gasteiger partial charge in [0.1, 0.15) is 13.2 Å². The number of ether oxygens (including phenoxy) is 4. The van der Waals surface area contributed by atoms with Gasteiger partial charge in [0.2, 0.25) is 0 Å². The van der Waals surface area contributed by atoms with E-state index in [1.807, 2.05) is 21.1 Å². The number of esters is 2. The highest BCUT2D eigenvalue weighted by atomic mass is 16.7. The van der Waals surface area contributed by atoms with E-state index in [1.165, 1.54) is 308 Å². The van der Waals surface area contributed by atoms with E-state index in [4.69, 9.17) is 18.9 Å². The Hall–Kier alpha value is -2.75. The molecule has 91 heavy (non-hydrogen) atoms. The minimum absolute atomic E-state index is 0.179. The Morgan fingerprint density at radius 1 is 0.341 bits per heavy atom. The molecule has 0 aromatic carbocycles. The van der Waals surface area contributed by atoms with E-state index in [2.05, 4.69) is 62.5 Å². The van der Waals surface area contributed by atoms with Crippen LogP contribution in [0.5, 0.6) is 0 Å². The van der Waals surface area contributed by atoms with Gasteiger partial charge >= 0.3 is 17.9 Å². The van der Waals surface area contributed by atoms with Crippen molar-refractivity contribution in [2.24, 2.45) is 0 Å². The number of hydrogen-bond acceptors (Lipinski definition) is 7. The first kappa shape index (κ1) is 88.2. The number of carbonyl (C=O) groups is 3. The summed E-state index contributed by atoms with van der Waals surface area (Å²) in [7, 11) is 5.99. The van der Waals surface area contributed by atoms with Crippen LogP contribution in [0.3, 0.4) is 0 Å². The van der Waals surface area contributed by atoms with Gasteiger partial charge in [-0.15, -0.1) is 0 Å².